The number of hydrogen-bond donors (Lipinski definition) is 1. The van der Waals surface area contributed by atoms with Crippen molar-refractivity contribution in [2.24, 2.45) is 10.6 Å². The third-order valence-corrected chi connectivity index (χ3v) is 2.75. The first kappa shape index (κ1) is 11.5. The van der Waals surface area contributed by atoms with E-state index in [-0.39, 0.29) is 0 Å². The van der Waals surface area contributed by atoms with E-state index in [0.29, 0.717) is 5.41 Å². The molecule has 3 heteroatoms. The fraction of sp³-hybridized carbons (Fsp3) is 0.909. The fourth-order valence-electron chi connectivity index (χ4n) is 1.63. The molecule has 0 unspecified atom stereocenters. The summed E-state index contributed by atoms with van der Waals surface area (Å²) < 4.78 is 0. The van der Waals surface area contributed by atoms with Gasteiger partial charge in [-0.05, 0) is 18.4 Å². The van der Waals surface area contributed by atoms with Gasteiger partial charge in [-0.3, -0.25) is 0 Å². The maximum atomic E-state index is 8.61. The highest BCUT2D eigenvalue weighted by Gasteiger charge is 2.17. The van der Waals surface area contributed by atoms with Gasteiger partial charge in [-0.25, -0.2) is 0 Å². The lowest BCUT2D eigenvalue weighted by Crippen LogP contribution is -2.35. The van der Waals surface area contributed by atoms with Gasteiger partial charge < -0.3 is 10.1 Å². The number of hydrogen-bond acceptors (Lipinski definition) is 3. The average Bonchev–Trinajstić information content (AvgIpc) is 2.14. The van der Waals surface area contributed by atoms with Crippen LogP contribution in [0.2, 0.25) is 0 Å². The first-order chi connectivity index (χ1) is 6.51. The molecule has 82 valence electrons. The first-order valence-corrected chi connectivity index (χ1v) is 5.43. The largest absolute Gasteiger partial charge is 0.411 e. The molecule has 0 bridgehead atoms. The summed E-state index contributed by atoms with van der Waals surface area (Å²) in [7, 11) is 0. The normalized spacial score (nSPS) is 19.8. The molecule has 0 amide bonds. The van der Waals surface area contributed by atoms with E-state index in [1.165, 1.54) is 13.0 Å². The maximum Gasteiger partial charge on any atom is 0.0596 e. The Morgan fingerprint density at radius 1 is 1.29 bits per heavy atom. The molecule has 1 saturated heterocycles. The van der Waals surface area contributed by atoms with Crippen LogP contribution in [-0.4, -0.2) is 35.5 Å². The van der Waals surface area contributed by atoms with Crippen molar-refractivity contribution in [2.45, 2.75) is 40.0 Å². The molecule has 1 heterocycles. The summed E-state index contributed by atoms with van der Waals surface area (Å²) >= 11 is 0. The van der Waals surface area contributed by atoms with Crippen LogP contribution in [0.5, 0.6) is 0 Å². The number of piperidine rings is 1. The van der Waals surface area contributed by atoms with E-state index in [9.17, 15) is 0 Å². The van der Waals surface area contributed by atoms with Crippen molar-refractivity contribution in [3.63, 3.8) is 0 Å². The van der Waals surface area contributed by atoms with E-state index in [1.807, 2.05) is 0 Å². The monoisotopic (exact) mass is 198 g/mol. The fourth-order valence-corrected chi connectivity index (χ4v) is 1.63. The summed E-state index contributed by atoms with van der Waals surface area (Å²) in [6.07, 6.45) is 3.10. The topological polar surface area (TPSA) is 35.8 Å². The second kappa shape index (κ2) is 4.78. The lowest BCUT2D eigenvalue weighted by Gasteiger charge is -2.29. The summed E-state index contributed by atoms with van der Waals surface area (Å²) in [5.41, 5.74) is 1.38. The Balaban J connectivity index is 2.23. The lowest BCUT2D eigenvalue weighted by atomic mass is 9.92. The van der Waals surface area contributed by atoms with Crippen molar-refractivity contribution in [1.82, 2.24) is 4.90 Å². The molecule has 1 rings (SSSR count). The Bertz CT molecular complexity index is 196. The van der Waals surface area contributed by atoms with Gasteiger partial charge in [0.2, 0.25) is 0 Å². The van der Waals surface area contributed by atoms with Crippen LogP contribution in [0.4, 0.5) is 0 Å². The Kier molecular flexibility index (Phi) is 3.93. The summed E-state index contributed by atoms with van der Waals surface area (Å²) in [6, 6.07) is 0. The third-order valence-electron chi connectivity index (χ3n) is 2.75. The second-order valence-corrected chi connectivity index (χ2v) is 5.32. The molecule has 0 aromatic rings. The van der Waals surface area contributed by atoms with Gasteiger partial charge in [0.05, 0.1) is 5.71 Å². The predicted octanol–water partition coefficient (Wildman–Crippen LogP) is 2.35. The molecular weight excluding hydrogens is 176 g/mol. The Morgan fingerprint density at radius 3 is 2.29 bits per heavy atom. The SMILES string of the molecule is CC(C)(C)CCN1CCC(=NO)CC1. The third kappa shape index (κ3) is 4.09. The molecule has 1 N–H and O–H groups in total. The molecular formula is C11H22N2O. The van der Waals surface area contributed by atoms with Crippen LogP contribution < -0.4 is 0 Å². The van der Waals surface area contributed by atoms with Crippen LogP contribution in [0.1, 0.15) is 40.0 Å². The van der Waals surface area contributed by atoms with Gasteiger partial charge in [0, 0.05) is 25.9 Å². The molecule has 0 aromatic carbocycles. The van der Waals surface area contributed by atoms with E-state index < -0.39 is 0 Å². The number of oxime groups is 1. The number of likely N-dealkylation sites (tertiary alicyclic amines) is 1. The summed E-state index contributed by atoms with van der Waals surface area (Å²) in [5.74, 6) is 0. The number of nitrogens with zero attached hydrogens (tertiary/aromatic N) is 2. The van der Waals surface area contributed by atoms with Gasteiger partial charge in [0.25, 0.3) is 0 Å². The van der Waals surface area contributed by atoms with Crippen LogP contribution >= 0.6 is 0 Å². The van der Waals surface area contributed by atoms with Crippen molar-refractivity contribution in [3.8, 4) is 0 Å². The molecule has 0 spiro atoms. The Labute approximate surface area is 86.8 Å². The van der Waals surface area contributed by atoms with E-state index >= 15 is 0 Å². The van der Waals surface area contributed by atoms with E-state index in [1.54, 1.807) is 0 Å². The first-order valence-electron chi connectivity index (χ1n) is 5.43. The highest BCUT2D eigenvalue weighted by Crippen LogP contribution is 2.19. The zero-order valence-corrected chi connectivity index (χ0v) is 9.58. The van der Waals surface area contributed by atoms with Gasteiger partial charge in [-0.15, -0.1) is 0 Å². The molecule has 1 aliphatic heterocycles. The second-order valence-electron chi connectivity index (χ2n) is 5.32. The van der Waals surface area contributed by atoms with Crippen LogP contribution in [0, 0.1) is 5.41 Å². The minimum absolute atomic E-state index is 0.422. The van der Waals surface area contributed by atoms with E-state index in [0.717, 1.165) is 31.6 Å². The number of rotatable bonds is 2. The molecule has 14 heavy (non-hydrogen) atoms. The molecule has 0 atom stereocenters. The lowest BCUT2D eigenvalue weighted by molar-refractivity contribution is 0.223. The highest BCUT2D eigenvalue weighted by molar-refractivity contribution is 5.84. The Hall–Kier alpha value is -0.570. The van der Waals surface area contributed by atoms with Crippen molar-refractivity contribution < 1.29 is 5.21 Å². The van der Waals surface area contributed by atoms with Gasteiger partial charge in [-0.2, -0.15) is 0 Å². The average molecular weight is 198 g/mol. The van der Waals surface area contributed by atoms with Crippen LogP contribution in [-0.2, 0) is 0 Å². The highest BCUT2D eigenvalue weighted by atomic mass is 16.4. The van der Waals surface area contributed by atoms with Gasteiger partial charge in [-0.1, -0.05) is 25.9 Å². The van der Waals surface area contributed by atoms with Gasteiger partial charge in [0.15, 0.2) is 0 Å². The summed E-state index contributed by atoms with van der Waals surface area (Å²) in [6.45, 7) is 10.1. The summed E-state index contributed by atoms with van der Waals surface area (Å²) in [4.78, 5) is 2.46. The molecule has 0 radical (unpaired) electrons. The van der Waals surface area contributed by atoms with E-state index in [2.05, 4.69) is 30.8 Å². The standard InChI is InChI=1S/C11H22N2O/c1-11(2,3)6-9-13-7-4-10(12-14)5-8-13/h14H,4-9H2,1-3H3. The zero-order chi connectivity index (χ0) is 10.6. The Morgan fingerprint density at radius 2 is 1.86 bits per heavy atom. The van der Waals surface area contributed by atoms with Crippen LogP contribution in [0.3, 0.4) is 0 Å². The zero-order valence-electron chi connectivity index (χ0n) is 9.58. The summed E-state index contributed by atoms with van der Waals surface area (Å²) in [5, 5.41) is 11.9. The van der Waals surface area contributed by atoms with Crippen molar-refractivity contribution in [3.05, 3.63) is 0 Å². The molecule has 0 saturated carbocycles. The minimum atomic E-state index is 0.422. The van der Waals surface area contributed by atoms with Crippen molar-refractivity contribution in [2.75, 3.05) is 19.6 Å². The van der Waals surface area contributed by atoms with Gasteiger partial charge in [0.1, 0.15) is 0 Å². The maximum absolute atomic E-state index is 8.61. The molecule has 0 aromatic heterocycles. The molecule has 1 fully saturated rings. The smallest absolute Gasteiger partial charge is 0.0596 e. The van der Waals surface area contributed by atoms with E-state index in [4.69, 9.17) is 5.21 Å². The molecule has 1 aliphatic rings. The van der Waals surface area contributed by atoms with Crippen LogP contribution in [0.15, 0.2) is 5.16 Å². The van der Waals surface area contributed by atoms with Crippen molar-refractivity contribution in [1.29, 1.82) is 0 Å². The predicted molar refractivity (Wildman–Crippen MR) is 59.0 cm³/mol. The minimum Gasteiger partial charge on any atom is -0.411 e. The quantitative estimate of drug-likeness (QED) is 0.546. The molecule has 3 nitrogen and oxygen atoms in total. The van der Waals surface area contributed by atoms with Crippen LogP contribution in [0.25, 0.3) is 0 Å². The molecule has 0 aliphatic carbocycles. The van der Waals surface area contributed by atoms with Gasteiger partial charge >= 0.3 is 0 Å². The van der Waals surface area contributed by atoms with Crippen molar-refractivity contribution >= 4 is 5.71 Å².